The lowest BCUT2D eigenvalue weighted by atomic mass is 9.65. The zero-order valence-corrected chi connectivity index (χ0v) is 14.8. The fraction of sp³-hybridized carbons (Fsp3) is 0.0400. The van der Waals surface area contributed by atoms with E-state index in [9.17, 15) is 0 Å². The van der Waals surface area contributed by atoms with Crippen LogP contribution in [0.4, 0.5) is 11.4 Å². The molecular weight excluding hydrogens is 328 g/mol. The molecule has 0 N–H and O–H groups in total. The topological polar surface area (TPSA) is 24.7 Å². The van der Waals surface area contributed by atoms with Crippen LogP contribution in [-0.4, -0.2) is 0 Å². The molecule has 4 aliphatic rings. The van der Waals surface area contributed by atoms with Crippen molar-refractivity contribution in [1.82, 2.24) is 0 Å². The third kappa shape index (κ3) is 2.49. The summed E-state index contributed by atoms with van der Waals surface area (Å²) in [7, 11) is 0. The van der Waals surface area contributed by atoms with Crippen LogP contribution in [0.3, 0.4) is 0 Å². The van der Waals surface area contributed by atoms with Crippen molar-refractivity contribution in [2.45, 2.75) is 5.41 Å². The molecule has 0 saturated carbocycles. The first-order valence-corrected chi connectivity index (χ1v) is 9.11. The lowest BCUT2D eigenvalue weighted by Crippen LogP contribution is -2.30. The summed E-state index contributed by atoms with van der Waals surface area (Å²) >= 11 is 0. The number of nitrogens with zero attached hydrogens (tertiary/aromatic N) is 2. The second-order valence-corrected chi connectivity index (χ2v) is 6.78. The van der Waals surface area contributed by atoms with E-state index in [0.29, 0.717) is 0 Å². The van der Waals surface area contributed by atoms with E-state index in [1.165, 1.54) is 22.3 Å². The molecule has 0 unspecified atom stereocenters. The van der Waals surface area contributed by atoms with Gasteiger partial charge in [0.05, 0.1) is 16.8 Å². The van der Waals surface area contributed by atoms with E-state index in [0.717, 1.165) is 11.4 Å². The van der Waals surface area contributed by atoms with Crippen LogP contribution in [0, 0.1) is 0 Å². The summed E-state index contributed by atoms with van der Waals surface area (Å²) in [5.74, 6) is 0. The summed E-state index contributed by atoms with van der Waals surface area (Å²) < 4.78 is 0. The Bertz CT molecular complexity index is 990. The van der Waals surface area contributed by atoms with Crippen molar-refractivity contribution in [2.24, 2.45) is 10.2 Å². The second-order valence-electron chi connectivity index (χ2n) is 6.78. The molecular formula is C25H18N2. The van der Waals surface area contributed by atoms with E-state index in [1.54, 1.807) is 0 Å². The van der Waals surface area contributed by atoms with Gasteiger partial charge in [0.1, 0.15) is 0 Å². The van der Waals surface area contributed by atoms with Crippen molar-refractivity contribution >= 4 is 11.4 Å². The Morgan fingerprint density at radius 1 is 0.370 bits per heavy atom. The lowest BCUT2D eigenvalue weighted by molar-refractivity contribution is 0.745. The van der Waals surface area contributed by atoms with Gasteiger partial charge in [-0.3, -0.25) is 0 Å². The van der Waals surface area contributed by atoms with Gasteiger partial charge in [-0.15, -0.1) is 0 Å². The van der Waals surface area contributed by atoms with Gasteiger partial charge in [0.15, 0.2) is 0 Å². The van der Waals surface area contributed by atoms with Gasteiger partial charge in [-0.05, 0) is 46.5 Å². The van der Waals surface area contributed by atoms with Gasteiger partial charge in [0, 0.05) is 0 Å². The summed E-state index contributed by atoms with van der Waals surface area (Å²) in [6.45, 7) is 0. The predicted molar refractivity (Wildman–Crippen MR) is 109 cm³/mol. The van der Waals surface area contributed by atoms with Crippen LogP contribution in [-0.2, 0) is 5.41 Å². The minimum atomic E-state index is -0.399. The van der Waals surface area contributed by atoms with E-state index < -0.39 is 5.41 Å². The summed E-state index contributed by atoms with van der Waals surface area (Å²) in [6, 6.07) is 38.3. The molecule has 4 bridgehead atoms. The number of hydrogen-bond donors (Lipinski definition) is 0. The Kier molecular flexibility index (Phi) is 3.68. The highest BCUT2D eigenvalue weighted by Crippen LogP contribution is 2.46. The Balaban J connectivity index is 1.94. The number of rotatable bonds is 2. The molecule has 0 atom stereocenters. The summed E-state index contributed by atoms with van der Waals surface area (Å²) in [4.78, 5) is 0. The van der Waals surface area contributed by atoms with Crippen LogP contribution in [0.1, 0.15) is 22.3 Å². The fourth-order valence-corrected chi connectivity index (χ4v) is 4.05. The van der Waals surface area contributed by atoms with Crippen molar-refractivity contribution < 1.29 is 0 Å². The molecule has 2 nitrogen and oxygen atoms in total. The average Bonchev–Trinajstić information content (AvgIpc) is 2.83. The van der Waals surface area contributed by atoms with Crippen LogP contribution in [0.25, 0.3) is 0 Å². The molecule has 0 radical (unpaired) electrons. The minimum absolute atomic E-state index is 0.399. The average molecular weight is 346 g/mol. The smallest absolute Gasteiger partial charge is 0.0857 e. The molecule has 8 rings (SSSR count). The van der Waals surface area contributed by atoms with Gasteiger partial charge in [0.2, 0.25) is 0 Å². The molecule has 0 saturated heterocycles. The van der Waals surface area contributed by atoms with Crippen LogP contribution >= 0.6 is 0 Å². The first kappa shape index (κ1) is 15.7. The van der Waals surface area contributed by atoms with Crippen molar-refractivity contribution in [3.05, 3.63) is 131 Å². The second kappa shape index (κ2) is 6.33. The van der Waals surface area contributed by atoms with Crippen LogP contribution in [0.15, 0.2) is 119 Å². The highest BCUT2D eigenvalue weighted by Gasteiger charge is 2.38. The molecule has 0 spiro atoms. The molecule has 4 aliphatic heterocycles. The molecule has 4 aromatic carbocycles. The maximum atomic E-state index is 4.36. The lowest BCUT2D eigenvalue weighted by Gasteiger charge is -2.36. The molecule has 0 aliphatic carbocycles. The highest BCUT2D eigenvalue weighted by molar-refractivity contribution is 5.62. The maximum Gasteiger partial charge on any atom is 0.0857 e. The van der Waals surface area contributed by atoms with Gasteiger partial charge in [-0.1, -0.05) is 84.9 Å². The molecule has 4 aromatic rings. The molecule has 27 heavy (non-hydrogen) atoms. The molecule has 4 heterocycles. The monoisotopic (exact) mass is 346 g/mol. The normalized spacial score (nSPS) is 14.1. The molecule has 2 heteroatoms. The van der Waals surface area contributed by atoms with Crippen molar-refractivity contribution in [2.75, 3.05) is 0 Å². The molecule has 128 valence electrons. The first-order chi connectivity index (χ1) is 13.4. The zero-order valence-electron chi connectivity index (χ0n) is 14.8. The quantitative estimate of drug-likeness (QED) is 0.336. The zero-order chi connectivity index (χ0) is 18.1. The Morgan fingerprint density at radius 3 is 1.07 bits per heavy atom. The van der Waals surface area contributed by atoms with Gasteiger partial charge >= 0.3 is 0 Å². The first-order valence-electron chi connectivity index (χ1n) is 9.11. The number of benzene rings is 4. The maximum absolute atomic E-state index is 4.36. The van der Waals surface area contributed by atoms with Crippen LogP contribution in [0.5, 0.6) is 0 Å². The van der Waals surface area contributed by atoms with Crippen LogP contribution < -0.4 is 0 Å². The van der Waals surface area contributed by atoms with Gasteiger partial charge in [0.25, 0.3) is 0 Å². The Hall–Kier alpha value is -3.52. The van der Waals surface area contributed by atoms with E-state index in [1.807, 2.05) is 24.3 Å². The predicted octanol–water partition coefficient (Wildman–Crippen LogP) is 6.80. The van der Waals surface area contributed by atoms with E-state index in [2.05, 4.69) is 95.2 Å². The summed E-state index contributed by atoms with van der Waals surface area (Å²) in [5, 5.41) is 8.72. The van der Waals surface area contributed by atoms with Crippen LogP contribution in [0.2, 0.25) is 0 Å². The minimum Gasteiger partial charge on any atom is -0.151 e. The molecule has 0 fully saturated rings. The van der Waals surface area contributed by atoms with E-state index >= 15 is 0 Å². The standard InChI is InChI=1S/C25H18N2/c1-3-7-19(8-4-1)25(20-9-5-2-6-10-20)21-11-15-23(16-12-21)26-27-24-17-13-22(25)14-18-24/h1-18H. The third-order valence-electron chi connectivity index (χ3n) is 5.30. The summed E-state index contributed by atoms with van der Waals surface area (Å²) in [5.41, 5.74) is 6.23. The SMILES string of the molecule is c1ccc(C2(c3ccccc3)c3ccc(cc3)N=Nc3ccc2cc3)cc1. The van der Waals surface area contributed by atoms with Crippen molar-refractivity contribution in [3.63, 3.8) is 0 Å². The van der Waals surface area contributed by atoms with Crippen molar-refractivity contribution in [3.8, 4) is 0 Å². The Labute approximate surface area is 158 Å². The fourth-order valence-electron chi connectivity index (χ4n) is 4.05. The molecule has 0 amide bonds. The van der Waals surface area contributed by atoms with Gasteiger partial charge in [-0.2, -0.15) is 10.2 Å². The number of azo groups is 1. The number of hydrogen-bond acceptors (Lipinski definition) is 2. The third-order valence-corrected chi connectivity index (χ3v) is 5.30. The Morgan fingerprint density at radius 2 is 0.704 bits per heavy atom. The van der Waals surface area contributed by atoms with E-state index in [-0.39, 0.29) is 0 Å². The highest BCUT2D eigenvalue weighted by atomic mass is 15.1. The largest absolute Gasteiger partial charge is 0.151 e. The summed E-state index contributed by atoms with van der Waals surface area (Å²) in [6.07, 6.45) is 0. The molecule has 0 aromatic heterocycles. The van der Waals surface area contributed by atoms with E-state index in [4.69, 9.17) is 0 Å². The van der Waals surface area contributed by atoms with Gasteiger partial charge in [-0.25, -0.2) is 0 Å². The van der Waals surface area contributed by atoms with Crippen molar-refractivity contribution in [1.29, 1.82) is 0 Å². The van der Waals surface area contributed by atoms with Gasteiger partial charge < -0.3 is 0 Å².